The number of carbonyl (C=O) groups is 5. The lowest BCUT2D eigenvalue weighted by Gasteiger charge is -2.49. The van der Waals surface area contributed by atoms with E-state index in [9.17, 15) is 49.5 Å². The molecule has 1 aromatic carbocycles. The summed E-state index contributed by atoms with van der Waals surface area (Å²) in [5.74, 6) is -8.59. The predicted octanol–water partition coefficient (Wildman–Crippen LogP) is 2.88. The van der Waals surface area contributed by atoms with E-state index in [1.165, 1.54) is 35.0 Å². The molecule has 6 rings (SSSR count). The van der Waals surface area contributed by atoms with Gasteiger partial charge < -0.3 is 83.9 Å². The number of anilines is 2. The van der Waals surface area contributed by atoms with Gasteiger partial charge in [0.05, 0.1) is 42.4 Å². The number of ketones is 2. The number of aliphatic hydroxyl groups excluding tert-OH is 2. The number of cyclic esters (lactones) is 1. The molecule has 77 heavy (non-hydrogen) atoms. The maximum atomic E-state index is 14.5. The minimum Gasteiger partial charge on any atom is -0.481 e. The molecule has 436 valence electrons. The second-order valence-corrected chi connectivity index (χ2v) is 23.1. The van der Waals surface area contributed by atoms with Gasteiger partial charge in [0.1, 0.15) is 35.1 Å². The molecule has 4 aliphatic heterocycles. The molecule has 22 nitrogen and oxygen atoms in total. The molecule has 4 heterocycles. The van der Waals surface area contributed by atoms with E-state index >= 15 is 0 Å². The van der Waals surface area contributed by atoms with E-state index in [1.807, 2.05) is 15.9 Å². The molecule has 0 spiro atoms. The summed E-state index contributed by atoms with van der Waals surface area (Å²) >= 11 is 0. The number of hydrogen-bond donors (Lipinski definition) is 7. The second kappa shape index (κ2) is 25.7. The Morgan fingerprint density at radius 1 is 0.896 bits per heavy atom. The molecule has 1 aliphatic carbocycles. The third kappa shape index (κ3) is 14.2. The number of esters is 2. The number of ether oxygens (including phenoxy) is 8. The van der Waals surface area contributed by atoms with Crippen molar-refractivity contribution in [2.24, 2.45) is 29.6 Å². The standard InChI is InChI=1S/C55H88N4O18/c1-14-39-55(9,69)47(64)29(3)43(61)28(2)25-53(7,68)48(77-52-45(63)38(58(10)11)24-41(70-12)76-52)30(4)46(31(5)51(67)73-39)75-42-26-54(8,71-13)49(32(6)72-42)74-40(60)19-20-56-21-22-57-33-15-18-35-37(23-33)59(34-16-17-34)27-36(44(35)62)50(65)66/h15,18,23,28-32,34,36,38-39,41-42,45-49,52,56-57,63-64,68-69H,14,16-17,19-22,24-27H2,1-13H3,(H,65,66)/t28-,29+,30+,31-,32+,36?,38+,39-,41+,42?,45-,46+,47-,48-,49+,52?,53-,54-,55-/m1/s1. The van der Waals surface area contributed by atoms with Crippen LogP contribution in [-0.4, -0.2) is 205 Å². The van der Waals surface area contributed by atoms with Crippen molar-refractivity contribution in [1.29, 1.82) is 0 Å². The average molecular weight is 1090 g/mol. The van der Waals surface area contributed by atoms with E-state index in [1.54, 1.807) is 67.8 Å². The molecule has 0 amide bonds. The first-order chi connectivity index (χ1) is 36.1. The fraction of sp³-hybridized carbons (Fsp3) is 0.800. The third-order valence-electron chi connectivity index (χ3n) is 16.8. The highest BCUT2D eigenvalue weighted by atomic mass is 16.8. The van der Waals surface area contributed by atoms with Crippen molar-refractivity contribution in [3.05, 3.63) is 23.8 Å². The summed E-state index contributed by atoms with van der Waals surface area (Å²) in [6.07, 6.45) is -9.71. The van der Waals surface area contributed by atoms with Crippen molar-refractivity contribution >= 4 is 40.8 Å². The molecule has 22 heteroatoms. The number of carboxylic acid groups (broad SMARTS) is 1. The topological polar surface area (TPSA) is 291 Å². The van der Waals surface area contributed by atoms with Crippen LogP contribution in [0.3, 0.4) is 0 Å². The van der Waals surface area contributed by atoms with Gasteiger partial charge in [-0.05, 0) is 92.6 Å². The number of nitrogens with one attached hydrogen (secondary N) is 2. The van der Waals surface area contributed by atoms with Gasteiger partial charge in [-0.25, -0.2) is 0 Å². The molecule has 0 aromatic heterocycles. The maximum absolute atomic E-state index is 14.5. The maximum Gasteiger partial charge on any atom is 0.316 e. The van der Waals surface area contributed by atoms with E-state index in [0.29, 0.717) is 25.1 Å². The first-order valence-corrected chi connectivity index (χ1v) is 27.3. The summed E-state index contributed by atoms with van der Waals surface area (Å²) < 4.78 is 49.9. The molecular formula is C55H88N4O18. The third-order valence-corrected chi connectivity index (χ3v) is 16.8. The van der Waals surface area contributed by atoms with E-state index in [4.69, 9.17) is 37.9 Å². The fourth-order valence-electron chi connectivity index (χ4n) is 11.9. The first kappa shape index (κ1) is 62.3. The monoisotopic (exact) mass is 1090 g/mol. The molecule has 5 aliphatic rings. The molecule has 1 aromatic rings. The quantitative estimate of drug-likeness (QED) is 0.0632. The van der Waals surface area contributed by atoms with Crippen molar-refractivity contribution < 1.29 is 87.4 Å². The number of methoxy groups -OCH3 is 2. The van der Waals surface area contributed by atoms with Crippen LogP contribution in [0.15, 0.2) is 18.2 Å². The number of aliphatic carboxylic acids is 1. The lowest BCUT2D eigenvalue weighted by atomic mass is 9.74. The van der Waals surface area contributed by atoms with Gasteiger partial charge in [0.25, 0.3) is 0 Å². The highest BCUT2D eigenvalue weighted by Crippen LogP contribution is 2.43. The zero-order valence-electron chi connectivity index (χ0n) is 47.3. The number of nitrogens with zero attached hydrogens (tertiary/aromatic N) is 2. The Hall–Kier alpha value is -3.91. The highest BCUT2D eigenvalue weighted by Gasteiger charge is 2.55. The molecule has 19 atom stereocenters. The SMILES string of the molecule is CC[C@H]1OC(=O)[C@H](C)[C@@H](OC2C[C@@](C)(OC)[C@@H](OC(=O)CCNCCNc3ccc4c(c3)N(C3CC3)CC(C(=O)O)C4=O)[C@H](C)O2)[C@H](C)[C@@H](OC2O[C@H](OC)C[C@H](N(C)C)[C@H]2O)[C@](C)(O)C[C@@H](C)C(=O)[C@H](C)[C@@H](O)[C@]1(C)O. The lowest BCUT2D eigenvalue weighted by molar-refractivity contribution is -0.340. The van der Waals surface area contributed by atoms with Crippen molar-refractivity contribution in [1.82, 2.24) is 10.2 Å². The molecule has 0 radical (unpaired) electrons. The Morgan fingerprint density at radius 3 is 2.19 bits per heavy atom. The average Bonchev–Trinajstić information content (AvgIpc) is 4.25. The van der Waals surface area contributed by atoms with Gasteiger partial charge in [-0.3, -0.25) is 24.0 Å². The summed E-state index contributed by atoms with van der Waals surface area (Å²) in [6.45, 7) is 15.7. The number of Topliss-reactive ketones (excluding diaryl/α,β-unsaturated/α-hetero) is 2. The van der Waals surface area contributed by atoms with Gasteiger partial charge in [0, 0.05) is 100 Å². The molecule has 7 N–H and O–H groups in total. The smallest absolute Gasteiger partial charge is 0.316 e. The number of aliphatic hydroxyl groups is 4. The number of hydrogen-bond acceptors (Lipinski definition) is 21. The Bertz CT molecular complexity index is 2210. The molecule has 3 saturated heterocycles. The van der Waals surface area contributed by atoms with Crippen molar-refractivity contribution in [2.75, 3.05) is 64.7 Å². The fourth-order valence-corrected chi connectivity index (χ4v) is 11.9. The van der Waals surface area contributed by atoms with Crippen LogP contribution in [-0.2, 0) is 57.1 Å². The summed E-state index contributed by atoms with van der Waals surface area (Å²) in [5, 5.41) is 64.0. The first-order valence-electron chi connectivity index (χ1n) is 27.3. The highest BCUT2D eigenvalue weighted by molar-refractivity contribution is 6.13. The minimum atomic E-state index is -2.07. The summed E-state index contributed by atoms with van der Waals surface area (Å²) in [4.78, 5) is 70.7. The number of fused-ring (bicyclic) bond motifs is 1. The van der Waals surface area contributed by atoms with Crippen molar-refractivity contribution in [3.63, 3.8) is 0 Å². The number of carbonyl (C=O) groups excluding carboxylic acids is 4. The summed E-state index contributed by atoms with van der Waals surface area (Å²) in [7, 11) is 6.53. The van der Waals surface area contributed by atoms with Gasteiger partial charge in [-0.2, -0.15) is 0 Å². The Morgan fingerprint density at radius 2 is 1.58 bits per heavy atom. The summed E-state index contributed by atoms with van der Waals surface area (Å²) in [6, 6.07) is 5.04. The molecule has 0 bridgehead atoms. The van der Waals surface area contributed by atoms with Crippen LogP contribution in [0.2, 0.25) is 0 Å². The van der Waals surface area contributed by atoms with Crippen LogP contribution in [0.4, 0.5) is 11.4 Å². The summed E-state index contributed by atoms with van der Waals surface area (Å²) in [5.41, 5.74) is -3.25. The molecule has 4 fully saturated rings. The van der Waals surface area contributed by atoms with E-state index in [-0.39, 0.29) is 50.6 Å². The Labute approximate surface area is 453 Å². The molecule has 1 saturated carbocycles. The number of likely N-dealkylation sites (N-methyl/N-ethyl adjacent to an activating group) is 1. The minimum absolute atomic E-state index is 0.00951. The molecular weight excluding hydrogens is 1000 g/mol. The van der Waals surface area contributed by atoms with Crippen LogP contribution in [0.1, 0.15) is 118 Å². The van der Waals surface area contributed by atoms with Gasteiger partial charge in [-0.15, -0.1) is 0 Å². The van der Waals surface area contributed by atoms with Gasteiger partial charge in [0.15, 0.2) is 30.8 Å². The predicted molar refractivity (Wildman–Crippen MR) is 280 cm³/mol. The van der Waals surface area contributed by atoms with Crippen LogP contribution in [0.5, 0.6) is 0 Å². The molecule has 3 unspecified atom stereocenters. The number of benzene rings is 1. The number of carboxylic acids is 1. The van der Waals surface area contributed by atoms with Crippen molar-refractivity contribution in [3.8, 4) is 0 Å². The van der Waals surface area contributed by atoms with Crippen LogP contribution >= 0.6 is 0 Å². The number of rotatable bonds is 18. The van der Waals surface area contributed by atoms with Gasteiger partial charge in [0.2, 0.25) is 0 Å². The zero-order valence-corrected chi connectivity index (χ0v) is 47.3. The van der Waals surface area contributed by atoms with E-state index in [2.05, 4.69) is 10.6 Å². The van der Waals surface area contributed by atoms with E-state index < -0.39 is 138 Å². The van der Waals surface area contributed by atoms with Crippen LogP contribution in [0.25, 0.3) is 0 Å². The van der Waals surface area contributed by atoms with E-state index in [0.717, 1.165) is 24.2 Å². The Kier molecular flexibility index (Phi) is 20.8. The second-order valence-electron chi connectivity index (χ2n) is 23.1. The largest absolute Gasteiger partial charge is 0.481 e. The van der Waals surface area contributed by atoms with Crippen LogP contribution < -0.4 is 15.5 Å². The lowest BCUT2D eigenvalue weighted by Crippen LogP contribution is -2.61. The Balaban J connectivity index is 1.16. The van der Waals surface area contributed by atoms with Crippen molar-refractivity contribution in [2.45, 2.75) is 198 Å². The zero-order chi connectivity index (χ0) is 57.1. The van der Waals surface area contributed by atoms with Gasteiger partial charge in [-0.1, -0.05) is 27.7 Å². The van der Waals surface area contributed by atoms with Crippen LogP contribution in [0, 0.1) is 29.6 Å². The van der Waals surface area contributed by atoms with Gasteiger partial charge >= 0.3 is 17.9 Å². The normalized spacial score (nSPS) is 39.6.